The highest BCUT2D eigenvalue weighted by Crippen LogP contribution is 2.43. The molecule has 0 aromatic heterocycles. The van der Waals surface area contributed by atoms with Gasteiger partial charge >= 0.3 is 21.1 Å². The fourth-order valence-electron chi connectivity index (χ4n) is 6.49. The Morgan fingerprint density at radius 3 is 1.12 bits per heavy atom. The third-order valence-electron chi connectivity index (χ3n) is 12.4. The lowest BCUT2D eigenvalue weighted by molar-refractivity contribution is 0.00578. The van der Waals surface area contributed by atoms with Gasteiger partial charge in [-0.1, -0.05) is 12.1 Å². The summed E-state index contributed by atoms with van der Waals surface area (Å²) in [6, 6.07) is 13.0. The monoisotopic (exact) mass is 964 g/mol. The third kappa shape index (κ3) is 10.0. The first-order valence-corrected chi connectivity index (χ1v) is 23.6. The van der Waals surface area contributed by atoms with Crippen LogP contribution in [-0.2, 0) is 48.0 Å². The van der Waals surface area contributed by atoms with Crippen LogP contribution in [0.25, 0.3) is 0 Å². The summed E-state index contributed by atoms with van der Waals surface area (Å²) in [5.74, 6) is 0. The van der Waals surface area contributed by atoms with Gasteiger partial charge in [0.1, 0.15) is 12.3 Å². The molecule has 2 aromatic rings. The van der Waals surface area contributed by atoms with Crippen LogP contribution >= 0.6 is 22.6 Å². The van der Waals surface area contributed by atoms with Gasteiger partial charge in [-0.05, 0) is 160 Å². The highest BCUT2D eigenvalue weighted by molar-refractivity contribution is 14.1. The van der Waals surface area contributed by atoms with E-state index in [1.165, 1.54) is 20.7 Å². The predicted molar refractivity (Wildman–Crippen MR) is 230 cm³/mol. The largest absolute Gasteiger partial charge is 0.494 e. The number of benzene rings is 2. The zero-order valence-electron chi connectivity index (χ0n) is 35.7. The molecule has 7 rings (SSSR count). The van der Waals surface area contributed by atoms with E-state index in [9.17, 15) is 25.6 Å². The lowest BCUT2D eigenvalue weighted by Gasteiger charge is -2.32. The van der Waals surface area contributed by atoms with Crippen molar-refractivity contribution in [2.45, 2.75) is 152 Å². The maximum absolute atomic E-state index is 13.3. The first-order chi connectivity index (χ1) is 26.4. The van der Waals surface area contributed by atoms with Gasteiger partial charge in [0.15, 0.2) is 0 Å². The Balaban J connectivity index is 0.000000170. The predicted octanol–water partition coefficient (Wildman–Crippen LogP) is 5.99. The van der Waals surface area contributed by atoms with Crippen molar-refractivity contribution in [2.75, 3.05) is 26.2 Å². The Labute approximate surface area is 359 Å². The maximum Gasteiger partial charge on any atom is 0.494 e. The molecule has 5 aliphatic rings. The summed E-state index contributed by atoms with van der Waals surface area (Å²) in [4.78, 5) is 0.402. The number of alkyl halides is 2. The van der Waals surface area contributed by atoms with Crippen LogP contribution in [0.1, 0.15) is 95.9 Å². The zero-order valence-corrected chi connectivity index (χ0v) is 39.5. The molecule has 12 nitrogen and oxygen atoms in total. The molecule has 0 bridgehead atoms. The molecule has 0 aliphatic carbocycles. The quantitative estimate of drug-likeness (QED) is 0.252. The fraction of sp³-hybridized carbons (Fsp3) is 0.684. The first-order valence-electron chi connectivity index (χ1n) is 19.6. The molecule has 58 heavy (non-hydrogen) atoms. The molecule has 0 N–H and O–H groups in total. The van der Waals surface area contributed by atoms with Gasteiger partial charge in [0, 0.05) is 29.7 Å². The molecule has 0 amide bonds. The molecule has 5 saturated heterocycles. The first kappa shape index (κ1) is 47.8. The SMILES string of the molecule is CC1(C)OB(B2OC(C)(C)C(C)(C)O2)OC1(C)C.CC1(C)OB(c2ccc(S(=O)(=O)N3CC[C@@H](F)C3)cc2)OC1(C)C.O=S(=O)(c1ccc(I)cc1)N1CC[C@@H](F)C1. The molecular weight excluding hydrogens is 906 g/mol. The smallest absolute Gasteiger partial charge is 0.405 e. The zero-order chi connectivity index (χ0) is 43.5. The van der Waals surface area contributed by atoms with Gasteiger partial charge in [-0.15, -0.1) is 0 Å². The van der Waals surface area contributed by atoms with Crippen molar-refractivity contribution in [1.29, 1.82) is 0 Å². The van der Waals surface area contributed by atoms with Crippen molar-refractivity contribution >= 4 is 69.2 Å². The van der Waals surface area contributed by atoms with Crippen LogP contribution in [0.4, 0.5) is 8.78 Å². The van der Waals surface area contributed by atoms with E-state index >= 15 is 0 Å². The fourth-order valence-corrected chi connectivity index (χ4v) is 9.82. The molecule has 5 heterocycles. The lowest BCUT2D eigenvalue weighted by Crippen LogP contribution is -2.41. The average Bonchev–Trinajstić information content (AvgIpc) is 3.88. The normalized spacial score (nSPS) is 27.3. The van der Waals surface area contributed by atoms with Crippen LogP contribution in [0.3, 0.4) is 0 Å². The van der Waals surface area contributed by atoms with E-state index in [1.54, 1.807) is 36.4 Å². The third-order valence-corrected chi connectivity index (χ3v) is 16.9. The summed E-state index contributed by atoms with van der Waals surface area (Å²) in [5, 5.41) is 0. The Bertz CT molecular complexity index is 1910. The summed E-state index contributed by atoms with van der Waals surface area (Å²) in [7, 11) is -8.63. The van der Waals surface area contributed by atoms with E-state index in [1.807, 2.05) is 83.1 Å². The van der Waals surface area contributed by atoms with Crippen LogP contribution < -0.4 is 5.46 Å². The van der Waals surface area contributed by atoms with Crippen molar-refractivity contribution in [3.63, 3.8) is 0 Å². The molecule has 0 radical (unpaired) electrons. The van der Waals surface area contributed by atoms with Gasteiger partial charge in [-0.3, -0.25) is 0 Å². The van der Waals surface area contributed by atoms with Gasteiger partial charge in [0.2, 0.25) is 20.0 Å². The van der Waals surface area contributed by atoms with E-state index in [0.29, 0.717) is 6.42 Å². The molecule has 2 atom stereocenters. The van der Waals surface area contributed by atoms with Crippen LogP contribution in [-0.4, -0.2) is 119 Å². The van der Waals surface area contributed by atoms with Gasteiger partial charge in [-0.2, -0.15) is 8.61 Å². The van der Waals surface area contributed by atoms with Crippen LogP contribution in [0.2, 0.25) is 0 Å². The second-order valence-electron chi connectivity index (χ2n) is 18.4. The van der Waals surface area contributed by atoms with Gasteiger partial charge < -0.3 is 27.9 Å². The topological polar surface area (TPSA) is 130 Å². The van der Waals surface area contributed by atoms with Crippen molar-refractivity contribution in [1.82, 2.24) is 8.61 Å². The molecule has 322 valence electrons. The number of sulfonamides is 2. The maximum atomic E-state index is 13.3. The summed E-state index contributed by atoms with van der Waals surface area (Å²) < 4.78 is 115. The number of hydrogen-bond donors (Lipinski definition) is 0. The van der Waals surface area contributed by atoms with Crippen molar-refractivity contribution in [3.05, 3.63) is 52.1 Å². The second-order valence-corrected chi connectivity index (χ2v) is 23.5. The molecule has 5 fully saturated rings. The average molecular weight is 964 g/mol. The molecule has 2 aromatic carbocycles. The summed E-state index contributed by atoms with van der Waals surface area (Å²) in [6.45, 7) is 24.5. The molecule has 0 unspecified atom stereocenters. The second kappa shape index (κ2) is 16.8. The van der Waals surface area contributed by atoms with Crippen molar-refractivity contribution < 1.29 is 53.5 Å². The Morgan fingerprint density at radius 2 is 0.828 bits per heavy atom. The number of hydrogen-bond acceptors (Lipinski definition) is 10. The van der Waals surface area contributed by atoms with Crippen molar-refractivity contribution in [3.8, 4) is 0 Å². The van der Waals surface area contributed by atoms with Crippen LogP contribution in [0.15, 0.2) is 58.3 Å². The molecule has 0 saturated carbocycles. The highest BCUT2D eigenvalue weighted by Gasteiger charge is 2.63. The Morgan fingerprint density at radius 1 is 0.534 bits per heavy atom. The lowest BCUT2D eigenvalue weighted by atomic mass is 9.49. The summed E-state index contributed by atoms with van der Waals surface area (Å²) in [5.41, 5.74) is -1.58. The van der Waals surface area contributed by atoms with E-state index in [0.717, 1.165) is 9.03 Å². The minimum atomic E-state index is -3.65. The van der Waals surface area contributed by atoms with E-state index in [4.69, 9.17) is 27.9 Å². The molecule has 20 heteroatoms. The standard InChI is InChI=1S/C16H23BFNO4S.C12H24B2O4.C10H11FINO2S/c1-15(2)16(3,4)23-17(22-15)12-5-7-14(8-6-12)24(20,21)19-10-9-13(18)11-19;1-9(2)10(3,4)16-13(15-9)14-17-11(5,6)12(7,8)18-14;11-8-5-6-13(7-8)16(14,15)10-3-1-9(12)2-4-10/h5-8,13H,9-11H2,1-4H3;1-8H3;1-4,8H,5-7H2/t13-;;8-/m1.1/s1. The highest BCUT2D eigenvalue weighted by atomic mass is 127. The molecule has 0 spiro atoms. The van der Waals surface area contributed by atoms with Gasteiger partial charge in [0.05, 0.1) is 43.4 Å². The van der Waals surface area contributed by atoms with Gasteiger partial charge in [-0.25, -0.2) is 25.6 Å². The minimum Gasteiger partial charge on any atom is -0.405 e. The van der Waals surface area contributed by atoms with Crippen LogP contribution in [0, 0.1) is 3.57 Å². The molecule has 5 aliphatic heterocycles. The van der Waals surface area contributed by atoms with E-state index < -0.39 is 64.7 Å². The van der Waals surface area contributed by atoms with Gasteiger partial charge in [0.25, 0.3) is 0 Å². The Hall–Kier alpha value is -1.20. The number of halogens is 3. The Kier molecular flexibility index (Phi) is 13.9. The van der Waals surface area contributed by atoms with E-state index in [2.05, 4.69) is 22.6 Å². The molecular formula is C38H58B3F2IN2O10S2. The van der Waals surface area contributed by atoms with Crippen LogP contribution in [0.5, 0.6) is 0 Å². The number of rotatable bonds is 6. The van der Waals surface area contributed by atoms with Crippen molar-refractivity contribution in [2.24, 2.45) is 0 Å². The summed E-state index contributed by atoms with van der Waals surface area (Å²) in [6.07, 6.45) is -1.56. The van der Waals surface area contributed by atoms with E-state index in [-0.39, 0.29) is 64.8 Å². The summed E-state index contributed by atoms with van der Waals surface area (Å²) >= 11 is 2.11. The minimum absolute atomic E-state index is 0.0195. The number of nitrogens with zero attached hydrogens (tertiary/aromatic N) is 2.